The Morgan fingerprint density at radius 2 is 1.93 bits per heavy atom. The van der Waals surface area contributed by atoms with Gasteiger partial charge in [-0.15, -0.1) is 0 Å². The maximum absolute atomic E-state index is 15.1. The van der Waals surface area contributed by atoms with E-state index in [1.54, 1.807) is 61.5 Å². The van der Waals surface area contributed by atoms with Crippen molar-refractivity contribution in [3.63, 3.8) is 0 Å². The van der Waals surface area contributed by atoms with Gasteiger partial charge in [0.1, 0.15) is 24.8 Å². The first-order chi connectivity index (χ1) is 21.0. The Bertz CT molecular complexity index is 1500. The normalized spacial score (nSPS) is 16.7. The van der Waals surface area contributed by atoms with E-state index in [2.05, 4.69) is 22.5 Å². The van der Waals surface area contributed by atoms with Crippen LogP contribution in [0, 0.1) is 11.8 Å². The molecule has 1 aliphatic rings. The average molecular weight is 620 g/mol. The number of aromatic nitrogens is 1. The summed E-state index contributed by atoms with van der Waals surface area (Å²) in [6.07, 6.45) is -4.64. The zero-order valence-electron chi connectivity index (χ0n) is 25.0. The Labute approximate surface area is 253 Å². The summed E-state index contributed by atoms with van der Waals surface area (Å²) < 4.78 is 62.2. The van der Waals surface area contributed by atoms with Gasteiger partial charge in [0.15, 0.2) is 0 Å². The third kappa shape index (κ3) is 8.87. The van der Waals surface area contributed by atoms with Crippen LogP contribution in [0.25, 0.3) is 10.9 Å². The summed E-state index contributed by atoms with van der Waals surface area (Å²) in [5.41, 5.74) is 2.02. The minimum absolute atomic E-state index is 0.0781. The van der Waals surface area contributed by atoms with Crippen molar-refractivity contribution < 1.29 is 37.0 Å². The molecule has 1 aromatic heterocycles. The van der Waals surface area contributed by atoms with Gasteiger partial charge in [-0.25, -0.2) is 4.39 Å². The number of carbonyl (C=O) groups excluding carboxylic acids is 2. The first-order valence-electron chi connectivity index (χ1n) is 13.8. The van der Waals surface area contributed by atoms with E-state index < -0.39 is 24.9 Å². The molecule has 1 saturated heterocycles. The highest BCUT2D eigenvalue weighted by atomic mass is 19.4. The van der Waals surface area contributed by atoms with E-state index in [-0.39, 0.29) is 31.2 Å². The Kier molecular flexibility index (Phi) is 12.0. The number of nitrogens with zero attached hydrogens (tertiary/aromatic N) is 3. The van der Waals surface area contributed by atoms with Crippen LogP contribution in [-0.2, 0) is 11.3 Å². The van der Waals surface area contributed by atoms with Crippen molar-refractivity contribution in [1.82, 2.24) is 14.4 Å². The third-order valence-electron chi connectivity index (χ3n) is 7.05. The van der Waals surface area contributed by atoms with Gasteiger partial charge in [0, 0.05) is 50.9 Å². The number of ether oxygens (including phenoxy) is 1. The van der Waals surface area contributed by atoms with Crippen LogP contribution in [0.5, 0.6) is 5.75 Å². The van der Waals surface area contributed by atoms with Crippen LogP contribution in [0.3, 0.4) is 0 Å². The fourth-order valence-electron chi connectivity index (χ4n) is 4.87. The van der Waals surface area contributed by atoms with Gasteiger partial charge in [0.2, 0.25) is 5.91 Å². The lowest BCUT2D eigenvalue weighted by molar-refractivity contribution is -0.140. The van der Waals surface area contributed by atoms with Crippen LogP contribution >= 0.6 is 0 Å². The average Bonchev–Trinajstić information content (AvgIpc) is 3.34. The van der Waals surface area contributed by atoms with E-state index in [0.717, 1.165) is 11.7 Å². The van der Waals surface area contributed by atoms with E-state index in [0.29, 0.717) is 52.8 Å². The minimum Gasteiger partial charge on any atom is -0.495 e. The van der Waals surface area contributed by atoms with Crippen molar-refractivity contribution in [1.29, 1.82) is 0 Å². The van der Waals surface area contributed by atoms with Crippen LogP contribution in [0.2, 0.25) is 0 Å². The number of rotatable bonds is 9. The van der Waals surface area contributed by atoms with Crippen LogP contribution in [0.15, 0.2) is 42.5 Å². The highest BCUT2D eigenvalue weighted by Gasteiger charge is 2.32. The summed E-state index contributed by atoms with van der Waals surface area (Å²) in [6.45, 7) is -0.413. The molecular formula is C31H37F4N5O4. The maximum atomic E-state index is 15.1. The molecular weight excluding hydrogens is 582 g/mol. The van der Waals surface area contributed by atoms with Crippen molar-refractivity contribution in [2.45, 2.75) is 31.4 Å². The first kappa shape index (κ1) is 34.2. The number of piperidine rings is 1. The number of alkyl halides is 4. The molecule has 9 nitrogen and oxygen atoms in total. The number of aliphatic hydroxyl groups excluding tert-OH is 1. The van der Waals surface area contributed by atoms with E-state index >= 15 is 4.39 Å². The van der Waals surface area contributed by atoms with Gasteiger partial charge in [-0.1, -0.05) is 12.0 Å². The highest BCUT2D eigenvalue weighted by molar-refractivity contribution is 5.94. The van der Waals surface area contributed by atoms with Gasteiger partial charge < -0.3 is 29.9 Å². The number of carbonyl (C=O) groups is 2. The standard InChI is InChI=1S/C30H33F4N5O3.CH4O/c1-37(2)29(41)17-38-13-11-25(23(31)16-38)36-24-7-4-8-27-22(24)15-21(39(27)19-30(32,33)34)6-5-12-35-26-10-9-20(18-40)14-28(26)42-3;1-2/h4,7-10,14-15,18,23,25,35-36H,11-13,16-17,19H2,1-3H3;2H,1H3. The molecule has 0 radical (unpaired) electrons. The molecule has 3 aromatic rings. The molecule has 0 aliphatic carbocycles. The molecule has 1 fully saturated rings. The Hall–Kier alpha value is -4.28. The lowest BCUT2D eigenvalue weighted by atomic mass is 10.0. The second-order valence-electron chi connectivity index (χ2n) is 10.3. The fourth-order valence-corrected chi connectivity index (χ4v) is 4.87. The number of halogens is 4. The quantitative estimate of drug-likeness (QED) is 0.189. The number of aliphatic hydroxyl groups is 1. The largest absolute Gasteiger partial charge is 0.495 e. The number of likely N-dealkylation sites (N-methyl/N-ethyl adjacent to an activating group) is 1. The van der Waals surface area contributed by atoms with Gasteiger partial charge in [-0.3, -0.25) is 14.5 Å². The Balaban J connectivity index is 0.00000259. The van der Waals surface area contributed by atoms with Crippen molar-refractivity contribution in [2.75, 3.05) is 65.1 Å². The van der Waals surface area contributed by atoms with Gasteiger partial charge >= 0.3 is 6.18 Å². The Morgan fingerprint density at radius 1 is 1.18 bits per heavy atom. The van der Waals surface area contributed by atoms with Gasteiger partial charge in [-0.05, 0) is 48.7 Å². The number of benzene rings is 2. The zero-order valence-corrected chi connectivity index (χ0v) is 25.0. The number of amides is 1. The summed E-state index contributed by atoms with van der Waals surface area (Å²) >= 11 is 0. The van der Waals surface area contributed by atoms with Crippen LogP contribution < -0.4 is 15.4 Å². The number of likely N-dealkylation sites (tertiary alicyclic amines) is 1. The number of methoxy groups -OCH3 is 1. The SMILES string of the molecule is CO.COc1cc(C=O)ccc1NCC#Cc1cc2c(NC3CCN(CC(=O)N(C)C)CC3F)cccc2n1CC(F)(F)F. The third-order valence-corrected chi connectivity index (χ3v) is 7.05. The van der Waals surface area contributed by atoms with Crippen molar-refractivity contribution in [3.8, 4) is 17.6 Å². The molecule has 3 N–H and O–H groups in total. The number of fused-ring (bicyclic) bond motifs is 1. The summed E-state index contributed by atoms with van der Waals surface area (Å²) in [5, 5.41) is 13.7. The number of hydrogen-bond donors (Lipinski definition) is 3. The number of anilines is 2. The van der Waals surface area contributed by atoms with Crippen LogP contribution in [0.4, 0.5) is 28.9 Å². The fraction of sp³-hybridized carbons (Fsp3) is 0.419. The molecule has 2 heterocycles. The van der Waals surface area contributed by atoms with E-state index in [1.807, 2.05) is 0 Å². The molecule has 44 heavy (non-hydrogen) atoms. The van der Waals surface area contributed by atoms with E-state index in [1.165, 1.54) is 12.0 Å². The van der Waals surface area contributed by atoms with Crippen molar-refractivity contribution >= 4 is 34.5 Å². The second-order valence-corrected chi connectivity index (χ2v) is 10.3. The Morgan fingerprint density at radius 3 is 2.57 bits per heavy atom. The molecule has 1 amide bonds. The molecule has 4 rings (SSSR count). The molecule has 0 saturated carbocycles. The van der Waals surface area contributed by atoms with E-state index in [9.17, 15) is 22.8 Å². The van der Waals surface area contributed by atoms with Crippen LogP contribution in [0.1, 0.15) is 22.5 Å². The molecule has 2 atom stereocenters. The predicted molar refractivity (Wildman–Crippen MR) is 162 cm³/mol. The molecule has 2 aromatic carbocycles. The second kappa shape index (κ2) is 15.4. The maximum Gasteiger partial charge on any atom is 0.406 e. The monoisotopic (exact) mass is 619 g/mol. The smallest absolute Gasteiger partial charge is 0.406 e. The lowest BCUT2D eigenvalue weighted by Crippen LogP contribution is -2.50. The summed E-state index contributed by atoms with van der Waals surface area (Å²) in [5.74, 6) is 6.03. The molecule has 0 bridgehead atoms. The molecule has 0 spiro atoms. The summed E-state index contributed by atoms with van der Waals surface area (Å²) in [4.78, 5) is 26.3. The van der Waals surface area contributed by atoms with Crippen LogP contribution in [-0.4, -0.2) is 105 Å². The molecule has 13 heteroatoms. The topological polar surface area (TPSA) is 99.1 Å². The minimum atomic E-state index is -4.49. The van der Waals surface area contributed by atoms with Gasteiger partial charge in [0.05, 0.1) is 43.1 Å². The predicted octanol–water partition coefficient (Wildman–Crippen LogP) is 4.01. The van der Waals surface area contributed by atoms with E-state index in [4.69, 9.17) is 9.84 Å². The number of nitrogens with one attached hydrogen (secondary N) is 2. The summed E-state index contributed by atoms with van der Waals surface area (Å²) in [6, 6.07) is 10.8. The van der Waals surface area contributed by atoms with Gasteiger partial charge in [-0.2, -0.15) is 13.2 Å². The lowest BCUT2D eigenvalue weighted by Gasteiger charge is -2.35. The molecule has 2 unspecified atom stereocenters. The van der Waals surface area contributed by atoms with Gasteiger partial charge in [0.25, 0.3) is 0 Å². The van der Waals surface area contributed by atoms with Crippen molar-refractivity contribution in [3.05, 3.63) is 53.7 Å². The summed E-state index contributed by atoms with van der Waals surface area (Å²) in [7, 11) is 5.76. The van der Waals surface area contributed by atoms with Crippen molar-refractivity contribution in [2.24, 2.45) is 0 Å². The first-order valence-corrected chi connectivity index (χ1v) is 13.8. The molecule has 1 aliphatic heterocycles. The highest BCUT2D eigenvalue weighted by Crippen LogP contribution is 2.32. The number of aldehydes is 1. The number of hydrogen-bond acceptors (Lipinski definition) is 7. The zero-order chi connectivity index (χ0) is 32.4. The molecule has 238 valence electrons.